The van der Waals surface area contributed by atoms with Crippen LogP contribution in [0.25, 0.3) is 76.3 Å². The van der Waals surface area contributed by atoms with Crippen LogP contribution < -0.4 is 10.4 Å². The van der Waals surface area contributed by atoms with Gasteiger partial charge in [-0.25, -0.2) is 9.97 Å². The minimum Gasteiger partial charge on any atom is -0.228 e. The lowest BCUT2D eigenvalue weighted by Crippen LogP contribution is -2.50. The molecule has 3 heterocycles. The number of hydrogen-bond acceptors (Lipinski definition) is 3. The molecule has 9 rings (SSSR count). The summed E-state index contributed by atoms with van der Waals surface area (Å²) in [5.41, 5.74) is 10.4. The second-order valence-electron chi connectivity index (χ2n) is 12.6. The quantitative estimate of drug-likeness (QED) is 0.183. The minimum absolute atomic E-state index is 0.771. The zero-order chi connectivity index (χ0) is 30.8. The second kappa shape index (κ2) is 10.4. The van der Waals surface area contributed by atoms with Gasteiger partial charge in [-0.3, -0.25) is 0 Å². The highest BCUT2D eigenvalue weighted by molar-refractivity contribution is 7.26. The average molecular weight is 623 g/mol. The molecule has 2 aromatic heterocycles. The Morgan fingerprint density at radius 2 is 1.07 bits per heavy atom. The lowest BCUT2D eigenvalue weighted by molar-refractivity contribution is 1.20. The van der Waals surface area contributed by atoms with Crippen LogP contribution in [-0.2, 0) is 0 Å². The number of rotatable bonds is 4. The van der Waals surface area contributed by atoms with Gasteiger partial charge in [-0.2, -0.15) is 0 Å². The van der Waals surface area contributed by atoms with E-state index in [4.69, 9.17) is 9.97 Å². The van der Waals surface area contributed by atoms with E-state index in [0.717, 1.165) is 33.9 Å². The normalized spacial score (nSPS) is 13.2. The van der Waals surface area contributed by atoms with Crippen molar-refractivity contribution in [3.05, 3.63) is 146 Å². The van der Waals surface area contributed by atoms with Gasteiger partial charge in [0, 0.05) is 31.3 Å². The number of aromatic nitrogens is 2. The van der Waals surface area contributed by atoms with Crippen LogP contribution in [0.3, 0.4) is 0 Å². The first-order chi connectivity index (χ1) is 22.6. The summed E-state index contributed by atoms with van der Waals surface area (Å²) < 4.78 is 2.66. The molecule has 6 aromatic carbocycles. The summed E-state index contributed by atoms with van der Waals surface area (Å²) in [6.45, 7) is 4.86. The van der Waals surface area contributed by atoms with Crippen molar-refractivity contribution in [1.82, 2.24) is 9.97 Å². The van der Waals surface area contributed by atoms with Crippen LogP contribution in [0.5, 0.6) is 0 Å². The van der Waals surface area contributed by atoms with Crippen molar-refractivity contribution in [2.24, 2.45) is 0 Å². The Morgan fingerprint density at radius 3 is 1.91 bits per heavy atom. The summed E-state index contributed by atoms with van der Waals surface area (Å²) in [5, 5.41) is 5.42. The maximum Gasteiger partial charge on any atom is 0.160 e. The molecule has 0 fully saturated rings. The molecule has 0 bridgehead atoms. The van der Waals surface area contributed by atoms with E-state index >= 15 is 0 Å². The van der Waals surface area contributed by atoms with E-state index < -0.39 is 8.07 Å². The summed E-state index contributed by atoms with van der Waals surface area (Å²) in [6, 6.07) is 52.5. The van der Waals surface area contributed by atoms with Gasteiger partial charge in [0.1, 0.15) is 8.07 Å². The Labute approximate surface area is 273 Å². The summed E-state index contributed by atoms with van der Waals surface area (Å²) in [4.78, 5) is 10.7. The molecule has 8 aromatic rings. The minimum atomic E-state index is -1.99. The number of hydrogen-bond donors (Lipinski definition) is 0. The van der Waals surface area contributed by atoms with Gasteiger partial charge in [-0.15, -0.1) is 11.3 Å². The fourth-order valence-electron chi connectivity index (χ4n) is 7.23. The zero-order valence-electron chi connectivity index (χ0n) is 25.7. The first-order valence-electron chi connectivity index (χ1n) is 15.8. The monoisotopic (exact) mass is 622 g/mol. The van der Waals surface area contributed by atoms with Crippen LogP contribution >= 0.6 is 11.3 Å². The largest absolute Gasteiger partial charge is 0.228 e. The van der Waals surface area contributed by atoms with Crippen LogP contribution in [0.15, 0.2) is 146 Å². The SMILES string of the molecule is C[Si]1(C)c2ccccc2-c2nc(-c3cccc(-c4cccc(-c5cccc6c5sc5ccccc56)c4)c3)nc(-c3ccccc3)c21. The van der Waals surface area contributed by atoms with E-state index in [1.54, 1.807) is 0 Å². The van der Waals surface area contributed by atoms with E-state index in [1.165, 1.54) is 52.8 Å². The average Bonchev–Trinajstić information content (AvgIpc) is 3.61. The number of benzene rings is 6. The Morgan fingerprint density at radius 1 is 0.478 bits per heavy atom. The van der Waals surface area contributed by atoms with Crippen LogP contribution in [0.2, 0.25) is 13.1 Å². The standard InChI is InChI=1S/C42H30N2SSi/c1-46(2)37-24-9-7-20-35(37)39-41(46)38(27-13-4-3-5-14-27)43-42(44-39)31-18-11-16-29(26-31)28-15-10-17-30(25-28)32-21-12-22-34-33-19-6-8-23-36(33)45-40(32)34/h3-26H,1-2H3. The van der Waals surface area contributed by atoms with Gasteiger partial charge in [-0.05, 0) is 56.4 Å². The third-order valence-electron chi connectivity index (χ3n) is 9.47. The Balaban J connectivity index is 1.18. The van der Waals surface area contributed by atoms with Gasteiger partial charge in [-0.1, -0.05) is 140 Å². The molecule has 1 aliphatic heterocycles. The fourth-order valence-corrected chi connectivity index (χ4v) is 11.7. The zero-order valence-corrected chi connectivity index (χ0v) is 27.5. The number of fused-ring (bicyclic) bond motifs is 6. The summed E-state index contributed by atoms with van der Waals surface area (Å²) in [7, 11) is -1.99. The number of nitrogens with zero attached hydrogens (tertiary/aromatic N) is 2. The summed E-state index contributed by atoms with van der Waals surface area (Å²) in [6.07, 6.45) is 0. The molecule has 2 nitrogen and oxygen atoms in total. The lowest BCUT2D eigenvalue weighted by Gasteiger charge is -2.21. The maximum absolute atomic E-state index is 5.34. The third kappa shape index (κ3) is 4.22. The van der Waals surface area contributed by atoms with Crippen LogP contribution in [0.4, 0.5) is 0 Å². The molecule has 0 saturated carbocycles. The predicted octanol–water partition coefficient (Wildman–Crippen LogP) is 10.3. The first-order valence-corrected chi connectivity index (χ1v) is 19.6. The molecule has 0 aliphatic carbocycles. The van der Waals surface area contributed by atoms with Crippen molar-refractivity contribution in [1.29, 1.82) is 0 Å². The van der Waals surface area contributed by atoms with E-state index in [-0.39, 0.29) is 0 Å². The molecular formula is C42H30N2SSi. The highest BCUT2D eigenvalue weighted by Gasteiger charge is 2.41. The van der Waals surface area contributed by atoms with E-state index in [9.17, 15) is 0 Å². The summed E-state index contributed by atoms with van der Waals surface area (Å²) >= 11 is 1.87. The van der Waals surface area contributed by atoms with Gasteiger partial charge >= 0.3 is 0 Å². The van der Waals surface area contributed by atoms with Crippen LogP contribution in [0, 0.1) is 0 Å². The Bertz CT molecular complexity index is 2460. The molecule has 0 N–H and O–H groups in total. The van der Waals surface area contributed by atoms with Gasteiger partial charge < -0.3 is 0 Å². The van der Waals surface area contributed by atoms with Gasteiger partial charge in [0.2, 0.25) is 0 Å². The Kier molecular flexibility index (Phi) is 6.17. The van der Waals surface area contributed by atoms with Crippen molar-refractivity contribution in [3.63, 3.8) is 0 Å². The van der Waals surface area contributed by atoms with Gasteiger partial charge in [0.05, 0.1) is 11.4 Å². The van der Waals surface area contributed by atoms with Crippen LogP contribution in [0.1, 0.15) is 0 Å². The highest BCUT2D eigenvalue weighted by Crippen LogP contribution is 2.41. The Hall–Kier alpha value is -5.16. The first kappa shape index (κ1) is 27.2. The second-order valence-corrected chi connectivity index (χ2v) is 17.9. The van der Waals surface area contributed by atoms with Crippen molar-refractivity contribution < 1.29 is 0 Å². The molecule has 0 spiro atoms. The smallest absolute Gasteiger partial charge is 0.160 e. The molecular weight excluding hydrogens is 593 g/mol. The van der Waals surface area contributed by atoms with Gasteiger partial charge in [0.15, 0.2) is 5.82 Å². The predicted molar refractivity (Wildman–Crippen MR) is 199 cm³/mol. The lowest BCUT2D eigenvalue weighted by atomic mass is 9.97. The molecule has 0 saturated heterocycles. The summed E-state index contributed by atoms with van der Waals surface area (Å²) in [5.74, 6) is 0.771. The number of thiophene rings is 1. The molecule has 4 heteroatoms. The van der Waals surface area contributed by atoms with Crippen LogP contribution in [-0.4, -0.2) is 18.0 Å². The molecule has 0 radical (unpaired) electrons. The highest BCUT2D eigenvalue weighted by atomic mass is 32.1. The van der Waals surface area contributed by atoms with Crippen molar-refractivity contribution in [2.45, 2.75) is 13.1 Å². The maximum atomic E-state index is 5.34. The topological polar surface area (TPSA) is 25.8 Å². The van der Waals surface area contributed by atoms with E-state index in [0.29, 0.717) is 0 Å². The van der Waals surface area contributed by atoms with Crippen molar-refractivity contribution in [2.75, 3.05) is 0 Å². The van der Waals surface area contributed by atoms with Crippen molar-refractivity contribution >= 4 is 50.0 Å². The molecule has 1 aliphatic rings. The molecule has 0 atom stereocenters. The van der Waals surface area contributed by atoms with Crippen molar-refractivity contribution in [3.8, 4) is 56.2 Å². The molecule has 0 amide bonds. The third-order valence-corrected chi connectivity index (χ3v) is 14.2. The fraction of sp³-hybridized carbons (Fsp3) is 0.0476. The van der Waals surface area contributed by atoms with E-state index in [2.05, 4.69) is 159 Å². The molecule has 218 valence electrons. The molecule has 0 unspecified atom stereocenters. The van der Waals surface area contributed by atoms with Gasteiger partial charge in [0.25, 0.3) is 0 Å². The molecule has 46 heavy (non-hydrogen) atoms. The van der Waals surface area contributed by atoms with E-state index in [1.807, 2.05) is 11.3 Å².